The number of aliphatic hydroxyl groups is 1. The van der Waals surface area contributed by atoms with Gasteiger partial charge in [0, 0.05) is 18.2 Å². The average molecular weight is 223 g/mol. The van der Waals surface area contributed by atoms with Gasteiger partial charge in [-0.1, -0.05) is 19.3 Å². The lowest BCUT2D eigenvalue weighted by Crippen LogP contribution is -2.42. The summed E-state index contributed by atoms with van der Waals surface area (Å²) in [5.41, 5.74) is 0.649. The predicted octanol–water partition coefficient (Wildman–Crippen LogP) is 2.63. The van der Waals surface area contributed by atoms with E-state index < -0.39 is 5.60 Å². The van der Waals surface area contributed by atoms with Gasteiger partial charge in [-0.15, -0.1) is 0 Å². The van der Waals surface area contributed by atoms with Crippen LogP contribution < -0.4 is 5.32 Å². The third kappa shape index (κ3) is 2.86. The predicted molar refractivity (Wildman–Crippen MR) is 63.2 cm³/mol. The van der Waals surface area contributed by atoms with Gasteiger partial charge in [0.25, 0.3) is 0 Å². The van der Waals surface area contributed by atoms with Crippen molar-refractivity contribution >= 4 is 0 Å². The summed E-state index contributed by atoms with van der Waals surface area (Å²) in [6, 6.07) is 2.20. The van der Waals surface area contributed by atoms with E-state index in [2.05, 4.69) is 12.2 Å². The van der Waals surface area contributed by atoms with Crippen LogP contribution >= 0.6 is 0 Å². The Morgan fingerprint density at radius 3 is 2.81 bits per heavy atom. The first kappa shape index (κ1) is 11.7. The molecule has 1 aromatic rings. The number of nitrogens with one attached hydrogen (secondary N) is 1. The Morgan fingerprint density at radius 1 is 1.44 bits per heavy atom. The number of hydrogen-bond donors (Lipinski definition) is 2. The van der Waals surface area contributed by atoms with Crippen LogP contribution in [0.4, 0.5) is 0 Å². The van der Waals surface area contributed by atoms with Crippen LogP contribution in [0.3, 0.4) is 0 Å². The minimum absolute atomic E-state index is 0.240. The molecular weight excluding hydrogens is 202 g/mol. The Kier molecular flexibility index (Phi) is 3.66. The fourth-order valence-corrected chi connectivity index (χ4v) is 2.37. The first-order valence-electron chi connectivity index (χ1n) is 6.17. The molecule has 1 atom stereocenters. The zero-order valence-corrected chi connectivity index (χ0v) is 9.91. The SMILES string of the molecule is CC(NCC1(O)CCCCC1)c1ccoc1. The highest BCUT2D eigenvalue weighted by Gasteiger charge is 2.29. The summed E-state index contributed by atoms with van der Waals surface area (Å²) in [6.07, 6.45) is 8.86. The molecule has 0 radical (unpaired) electrons. The van der Waals surface area contributed by atoms with Crippen LogP contribution in [0.25, 0.3) is 0 Å². The summed E-state index contributed by atoms with van der Waals surface area (Å²) in [7, 11) is 0. The minimum Gasteiger partial charge on any atom is -0.472 e. The fraction of sp³-hybridized carbons (Fsp3) is 0.692. The van der Waals surface area contributed by atoms with Gasteiger partial charge in [0.1, 0.15) is 0 Å². The van der Waals surface area contributed by atoms with Crippen LogP contribution in [-0.4, -0.2) is 17.3 Å². The van der Waals surface area contributed by atoms with E-state index >= 15 is 0 Å². The molecule has 1 aliphatic rings. The minimum atomic E-state index is -0.490. The van der Waals surface area contributed by atoms with Crippen molar-refractivity contribution in [1.29, 1.82) is 0 Å². The molecule has 0 bridgehead atoms. The summed E-state index contributed by atoms with van der Waals surface area (Å²) in [5.74, 6) is 0. The molecule has 1 unspecified atom stereocenters. The van der Waals surface area contributed by atoms with Crippen LogP contribution in [0.2, 0.25) is 0 Å². The van der Waals surface area contributed by atoms with Crippen LogP contribution in [0.5, 0.6) is 0 Å². The molecule has 90 valence electrons. The molecule has 1 aromatic heterocycles. The van der Waals surface area contributed by atoms with Crippen molar-refractivity contribution in [3.8, 4) is 0 Å². The van der Waals surface area contributed by atoms with E-state index in [1.165, 1.54) is 6.42 Å². The molecule has 0 saturated heterocycles. The third-order valence-corrected chi connectivity index (χ3v) is 3.56. The Balaban J connectivity index is 1.82. The van der Waals surface area contributed by atoms with Crippen LogP contribution in [-0.2, 0) is 0 Å². The molecule has 1 heterocycles. The molecule has 0 spiro atoms. The topological polar surface area (TPSA) is 45.4 Å². The molecule has 3 nitrogen and oxygen atoms in total. The molecular formula is C13H21NO2. The maximum atomic E-state index is 10.3. The summed E-state index contributed by atoms with van der Waals surface area (Å²) < 4.78 is 5.05. The van der Waals surface area contributed by atoms with E-state index in [4.69, 9.17) is 4.42 Å². The van der Waals surface area contributed by atoms with Crippen LogP contribution in [0.1, 0.15) is 50.6 Å². The first-order valence-corrected chi connectivity index (χ1v) is 6.17. The van der Waals surface area contributed by atoms with Gasteiger partial charge in [0.15, 0.2) is 0 Å². The van der Waals surface area contributed by atoms with E-state index in [-0.39, 0.29) is 6.04 Å². The van der Waals surface area contributed by atoms with Crippen molar-refractivity contribution in [2.75, 3.05) is 6.54 Å². The molecule has 0 aliphatic heterocycles. The number of hydrogen-bond acceptors (Lipinski definition) is 3. The normalized spacial score (nSPS) is 21.9. The van der Waals surface area contributed by atoms with Crippen molar-refractivity contribution in [2.24, 2.45) is 0 Å². The van der Waals surface area contributed by atoms with Gasteiger partial charge < -0.3 is 14.8 Å². The zero-order valence-electron chi connectivity index (χ0n) is 9.91. The van der Waals surface area contributed by atoms with Crippen LogP contribution in [0.15, 0.2) is 23.0 Å². The highest BCUT2D eigenvalue weighted by molar-refractivity contribution is 5.10. The van der Waals surface area contributed by atoms with Crippen molar-refractivity contribution in [2.45, 2.75) is 50.7 Å². The van der Waals surface area contributed by atoms with Gasteiger partial charge in [-0.05, 0) is 25.8 Å². The average Bonchev–Trinajstić information content (AvgIpc) is 2.80. The quantitative estimate of drug-likeness (QED) is 0.824. The van der Waals surface area contributed by atoms with E-state index in [1.54, 1.807) is 12.5 Å². The lowest BCUT2D eigenvalue weighted by Gasteiger charge is -2.33. The fourth-order valence-electron chi connectivity index (χ4n) is 2.37. The Morgan fingerprint density at radius 2 is 2.19 bits per heavy atom. The standard InChI is InChI=1S/C13H21NO2/c1-11(12-5-8-16-9-12)14-10-13(15)6-3-2-4-7-13/h5,8-9,11,14-15H,2-4,6-7,10H2,1H3. The summed E-state index contributed by atoms with van der Waals surface area (Å²) in [4.78, 5) is 0. The smallest absolute Gasteiger partial charge is 0.0950 e. The maximum Gasteiger partial charge on any atom is 0.0950 e. The van der Waals surface area contributed by atoms with E-state index in [1.807, 2.05) is 6.07 Å². The van der Waals surface area contributed by atoms with E-state index in [9.17, 15) is 5.11 Å². The largest absolute Gasteiger partial charge is 0.472 e. The Hall–Kier alpha value is -0.800. The Bertz CT molecular complexity index is 302. The van der Waals surface area contributed by atoms with Gasteiger partial charge in [-0.3, -0.25) is 0 Å². The molecule has 1 saturated carbocycles. The van der Waals surface area contributed by atoms with Gasteiger partial charge in [-0.2, -0.15) is 0 Å². The maximum absolute atomic E-state index is 10.3. The van der Waals surface area contributed by atoms with Gasteiger partial charge >= 0.3 is 0 Å². The molecule has 16 heavy (non-hydrogen) atoms. The second-order valence-electron chi connectivity index (χ2n) is 4.94. The van der Waals surface area contributed by atoms with Crippen molar-refractivity contribution in [1.82, 2.24) is 5.32 Å². The molecule has 1 aliphatic carbocycles. The molecule has 2 N–H and O–H groups in total. The number of rotatable bonds is 4. The molecule has 1 fully saturated rings. The van der Waals surface area contributed by atoms with E-state index in [0.717, 1.165) is 31.2 Å². The van der Waals surface area contributed by atoms with E-state index in [0.29, 0.717) is 6.54 Å². The van der Waals surface area contributed by atoms with Crippen molar-refractivity contribution in [3.63, 3.8) is 0 Å². The lowest BCUT2D eigenvalue weighted by molar-refractivity contribution is 0.00299. The highest BCUT2D eigenvalue weighted by atomic mass is 16.3. The van der Waals surface area contributed by atoms with Crippen molar-refractivity contribution in [3.05, 3.63) is 24.2 Å². The second kappa shape index (κ2) is 5.02. The first-order chi connectivity index (χ1) is 7.70. The van der Waals surface area contributed by atoms with Crippen molar-refractivity contribution < 1.29 is 9.52 Å². The molecule has 0 amide bonds. The Labute approximate surface area is 96.8 Å². The van der Waals surface area contributed by atoms with Gasteiger partial charge in [0.05, 0.1) is 18.1 Å². The second-order valence-corrected chi connectivity index (χ2v) is 4.94. The summed E-state index contributed by atoms with van der Waals surface area (Å²) in [6.45, 7) is 2.77. The van der Waals surface area contributed by atoms with Crippen LogP contribution in [0, 0.1) is 0 Å². The summed E-state index contributed by atoms with van der Waals surface area (Å²) in [5, 5.41) is 13.7. The lowest BCUT2D eigenvalue weighted by atomic mass is 9.84. The monoisotopic (exact) mass is 223 g/mol. The molecule has 0 aromatic carbocycles. The highest BCUT2D eigenvalue weighted by Crippen LogP contribution is 2.28. The molecule has 3 heteroatoms. The molecule has 2 rings (SSSR count). The third-order valence-electron chi connectivity index (χ3n) is 3.56. The van der Waals surface area contributed by atoms with Gasteiger partial charge in [0.2, 0.25) is 0 Å². The zero-order chi connectivity index (χ0) is 11.4. The van der Waals surface area contributed by atoms with Gasteiger partial charge in [-0.25, -0.2) is 0 Å². The summed E-state index contributed by atoms with van der Waals surface area (Å²) >= 11 is 0. The number of furan rings is 1.